The Kier molecular flexibility index (Phi) is 10.2. The smallest absolute Gasteiger partial charge is 0.406 e. The molecule has 1 saturated carbocycles. The number of nitrogens with zero attached hydrogens (tertiary/aromatic N) is 2. The third kappa shape index (κ3) is 8.99. The molecule has 1 fully saturated rings. The Balaban J connectivity index is 0.984. The average molecular weight is 599 g/mol. The van der Waals surface area contributed by atoms with Gasteiger partial charge in [-0.3, -0.25) is 4.79 Å². The van der Waals surface area contributed by atoms with Crippen LogP contribution >= 0.6 is 0 Å². The predicted molar refractivity (Wildman–Crippen MR) is 153 cm³/mol. The van der Waals surface area contributed by atoms with Crippen molar-refractivity contribution in [2.75, 3.05) is 51.5 Å². The van der Waals surface area contributed by atoms with Gasteiger partial charge in [0, 0.05) is 29.4 Å². The number of benzene rings is 2. The number of hydrogen-bond acceptors (Lipinski definition) is 8. The first-order chi connectivity index (χ1) is 20.8. The fourth-order valence-electron chi connectivity index (χ4n) is 4.93. The van der Waals surface area contributed by atoms with Crippen LogP contribution in [0.3, 0.4) is 0 Å². The Morgan fingerprint density at radius 1 is 0.907 bits per heavy atom. The molecule has 5 rings (SSSR count). The van der Waals surface area contributed by atoms with E-state index in [2.05, 4.69) is 37.5 Å². The Hall–Kier alpha value is -4.00. The third-order valence-electron chi connectivity index (χ3n) is 7.25. The van der Waals surface area contributed by atoms with E-state index in [4.69, 9.17) is 14.2 Å². The van der Waals surface area contributed by atoms with Gasteiger partial charge in [0.15, 0.2) is 0 Å². The number of carbonyl (C=O) groups is 1. The Bertz CT molecular complexity index is 1390. The molecule has 0 radical (unpaired) electrons. The summed E-state index contributed by atoms with van der Waals surface area (Å²) < 4.78 is 57.8. The van der Waals surface area contributed by atoms with Crippen LogP contribution in [0.1, 0.15) is 16.8 Å². The zero-order valence-electron chi connectivity index (χ0n) is 23.4. The maximum absolute atomic E-state index is 12.7. The van der Waals surface area contributed by atoms with Crippen molar-refractivity contribution in [2.24, 2.45) is 17.8 Å². The van der Waals surface area contributed by atoms with Gasteiger partial charge >= 0.3 is 6.36 Å². The molecule has 2 N–H and O–H groups in total. The predicted octanol–water partition coefficient (Wildman–Crippen LogP) is 5.39. The molecule has 12 heteroatoms. The minimum Gasteiger partial charge on any atom is -0.406 e. The van der Waals surface area contributed by atoms with E-state index in [9.17, 15) is 18.0 Å². The molecule has 0 aliphatic heterocycles. The Morgan fingerprint density at radius 3 is 2.37 bits per heavy atom. The highest BCUT2D eigenvalue weighted by molar-refractivity contribution is 5.95. The molecule has 0 saturated heterocycles. The molecule has 1 heterocycles. The standard InChI is InChI=1S/C31H33F3N4O5/c32-31(33,34)43-26-7-5-25(6-8-26)38-29-18-28(36-20-37-29)22-2-1-3-23(17-22)30(39)35-10-11-40-12-13-41-14-15-42-19-24-16-21-4-9-27(21)24/h1-9,17-18,20-21,24,27H,10-16,19H2,(H,35,39)(H,36,37,38)/t21-,24?,27?/m1/s1. The maximum Gasteiger partial charge on any atom is 0.573 e. The number of fused-ring (bicyclic) bond motifs is 1. The number of anilines is 2. The normalized spacial score (nSPS) is 18.7. The van der Waals surface area contributed by atoms with Crippen LogP contribution in [0, 0.1) is 17.8 Å². The molecule has 228 valence electrons. The van der Waals surface area contributed by atoms with E-state index in [1.807, 2.05) is 6.07 Å². The molecule has 0 bridgehead atoms. The van der Waals surface area contributed by atoms with Crippen LogP contribution in [0.2, 0.25) is 0 Å². The molecule has 2 unspecified atom stereocenters. The van der Waals surface area contributed by atoms with Crippen molar-refractivity contribution in [3.05, 3.63) is 78.6 Å². The zero-order valence-corrected chi connectivity index (χ0v) is 23.4. The number of allylic oxidation sites excluding steroid dienone is 2. The van der Waals surface area contributed by atoms with Crippen molar-refractivity contribution in [1.82, 2.24) is 15.3 Å². The molecule has 2 aliphatic carbocycles. The van der Waals surface area contributed by atoms with Crippen molar-refractivity contribution in [1.29, 1.82) is 0 Å². The van der Waals surface area contributed by atoms with Gasteiger partial charge in [-0.05, 0) is 60.6 Å². The first kappa shape index (κ1) is 30.5. The van der Waals surface area contributed by atoms with Gasteiger partial charge in [0.25, 0.3) is 5.91 Å². The van der Waals surface area contributed by atoms with Gasteiger partial charge in [-0.2, -0.15) is 0 Å². The van der Waals surface area contributed by atoms with Gasteiger partial charge < -0.3 is 29.6 Å². The highest BCUT2D eigenvalue weighted by Gasteiger charge is 2.42. The lowest BCUT2D eigenvalue weighted by Gasteiger charge is -2.47. The topological polar surface area (TPSA) is 104 Å². The van der Waals surface area contributed by atoms with Gasteiger partial charge in [0.2, 0.25) is 0 Å². The van der Waals surface area contributed by atoms with Crippen LogP contribution in [-0.4, -0.2) is 68.4 Å². The summed E-state index contributed by atoms with van der Waals surface area (Å²) in [5.41, 5.74) is 2.23. The molecular formula is C31H33F3N4O5. The number of halogens is 3. The number of aromatic nitrogens is 2. The molecule has 3 aromatic rings. The van der Waals surface area contributed by atoms with E-state index in [-0.39, 0.29) is 11.7 Å². The monoisotopic (exact) mass is 598 g/mol. The number of rotatable bonds is 16. The first-order valence-electron chi connectivity index (χ1n) is 14.1. The summed E-state index contributed by atoms with van der Waals surface area (Å²) in [5.74, 6) is 2.07. The van der Waals surface area contributed by atoms with E-state index in [1.165, 1.54) is 37.0 Å². The van der Waals surface area contributed by atoms with Crippen molar-refractivity contribution in [3.63, 3.8) is 0 Å². The van der Waals surface area contributed by atoms with E-state index in [1.54, 1.807) is 24.3 Å². The number of nitrogens with one attached hydrogen (secondary N) is 2. The lowest BCUT2D eigenvalue weighted by Crippen LogP contribution is -2.42. The minimum absolute atomic E-state index is 0.248. The van der Waals surface area contributed by atoms with Gasteiger partial charge in [0.1, 0.15) is 17.9 Å². The van der Waals surface area contributed by atoms with Gasteiger partial charge in [-0.15, -0.1) is 13.2 Å². The van der Waals surface area contributed by atoms with E-state index >= 15 is 0 Å². The van der Waals surface area contributed by atoms with Crippen molar-refractivity contribution in [3.8, 4) is 17.0 Å². The number of amides is 1. The van der Waals surface area contributed by atoms with Crippen molar-refractivity contribution in [2.45, 2.75) is 12.8 Å². The van der Waals surface area contributed by atoms with Crippen LogP contribution < -0.4 is 15.4 Å². The van der Waals surface area contributed by atoms with Crippen LogP contribution in [-0.2, 0) is 14.2 Å². The summed E-state index contributed by atoms with van der Waals surface area (Å²) in [6.07, 6.45) is 2.40. The summed E-state index contributed by atoms with van der Waals surface area (Å²) in [6.45, 7) is 3.51. The van der Waals surface area contributed by atoms with Gasteiger partial charge in [-0.25, -0.2) is 9.97 Å². The van der Waals surface area contributed by atoms with Crippen LogP contribution in [0.5, 0.6) is 5.75 Å². The average Bonchev–Trinajstić information content (AvgIpc) is 2.98. The first-order valence-corrected chi connectivity index (χ1v) is 14.1. The second-order valence-electron chi connectivity index (χ2n) is 10.2. The highest BCUT2D eigenvalue weighted by Crippen LogP contribution is 2.48. The summed E-state index contributed by atoms with van der Waals surface area (Å²) in [5, 5.41) is 5.85. The van der Waals surface area contributed by atoms with Crippen LogP contribution in [0.25, 0.3) is 11.3 Å². The van der Waals surface area contributed by atoms with Gasteiger partial charge in [-0.1, -0.05) is 24.3 Å². The molecular weight excluding hydrogens is 565 g/mol. The molecule has 2 aromatic carbocycles. The number of carbonyl (C=O) groups excluding carboxylic acids is 1. The van der Waals surface area contributed by atoms with Crippen molar-refractivity contribution >= 4 is 17.4 Å². The molecule has 0 spiro atoms. The molecule has 2 aliphatic rings. The summed E-state index contributed by atoms with van der Waals surface area (Å²) in [6, 6.07) is 13.9. The minimum atomic E-state index is -4.76. The lowest BCUT2D eigenvalue weighted by atomic mass is 9.59. The third-order valence-corrected chi connectivity index (χ3v) is 7.25. The second kappa shape index (κ2) is 14.5. The SMILES string of the molecule is O=C(NCCOCCOCCOCC1C[C@H]2C=CC12)c1cccc(-c2cc(Nc3ccc(OC(F)(F)F)cc3)ncn2)c1. The van der Waals surface area contributed by atoms with E-state index < -0.39 is 6.36 Å². The number of hydrogen-bond donors (Lipinski definition) is 2. The molecule has 9 nitrogen and oxygen atoms in total. The maximum atomic E-state index is 12.7. The number of ether oxygens (including phenoxy) is 4. The molecule has 43 heavy (non-hydrogen) atoms. The summed E-state index contributed by atoms with van der Waals surface area (Å²) >= 11 is 0. The Morgan fingerprint density at radius 2 is 1.67 bits per heavy atom. The van der Waals surface area contributed by atoms with Crippen LogP contribution in [0.15, 0.2) is 73.1 Å². The molecule has 1 aromatic heterocycles. The van der Waals surface area contributed by atoms with Crippen LogP contribution in [0.4, 0.5) is 24.7 Å². The van der Waals surface area contributed by atoms with Gasteiger partial charge in [0.05, 0.1) is 45.3 Å². The summed E-state index contributed by atoms with van der Waals surface area (Å²) in [7, 11) is 0. The molecule has 3 atom stereocenters. The zero-order chi connectivity index (χ0) is 30.1. The lowest BCUT2D eigenvalue weighted by molar-refractivity contribution is -0.274. The fourth-order valence-corrected chi connectivity index (χ4v) is 4.93. The van der Waals surface area contributed by atoms with E-state index in [0.717, 1.165) is 18.4 Å². The molecule has 1 amide bonds. The Labute approximate surface area is 247 Å². The van der Waals surface area contributed by atoms with Crippen molar-refractivity contribution < 1.29 is 36.9 Å². The second-order valence-corrected chi connectivity index (χ2v) is 10.2. The highest BCUT2D eigenvalue weighted by atomic mass is 19.4. The largest absolute Gasteiger partial charge is 0.573 e. The fraction of sp³-hybridized carbons (Fsp3) is 0.387. The van der Waals surface area contributed by atoms with E-state index in [0.29, 0.717) is 73.8 Å². The number of alkyl halides is 3. The quantitative estimate of drug-likeness (QED) is 0.167. The summed E-state index contributed by atoms with van der Waals surface area (Å²) in [4.78, 5) is 21.1.